The normalized spacial score (nSPS) is 43.2. The van der Waals surface area contributed by atoms with Gasteiger partial charge in [-0.2, -0.15) is 0 Å². The van der Waals surface area contributed by atoms with E-state index in [0.29, 0.717) is 0 Å². The molecule has 0 saturated carbocycles. The van der Waals surface area contributed by atoms with Crippen molar-refractivity contribution in [2.24, 2.45) is 11.7 Å². The maximum Gasteiger partial charge on any atom is 0.0865 e. The van der Waals surface area contributed by atoms with Gasteiger partial charge >= 0.3 is 0 Å². The van der Waals surface area contributed by atoms with Gasteiger partial charge in [0.05, 0.1) is 3.55 Å². The zero-order valence-corrected chi connectivity index (χ0v) is 7.76. The van der Waals surface area contributed by atoms with Crippen molar-refractivity contribution in [1.82, 2.24) is 0 Å². The number of hydrogen-bond donors (Lipinski definition) is 1. The highest BCUT2D eigenvalue weighted by Gasteiger charge is 2.20. The molecule has 0 saturated heterocycles. The lowest BCUT2D eigenvalue weighted by atomic mass is 9.95. The first-order chi connectivity index (χ1) is 4.10. The molecular weight excluding hydrogens is 225 g/mol. The summed E-state index contributed by atoms with van der Waals surface area (Å²) in [5.41, 5.74) is 5.84. The number of rotatable bonds is 0. The topological polar surface area (TPSA) is 26.0 Å². The first-order valence-corrected chi connectivity index (χ1v) is 4.35. The molecule has 1 aliphatic rings. The van der Waals surface area contributed by atoms with Crippen LogP contribution in [-0.2, 0) is 0 Å². The summed E-state index contributed by atoms with van der Waals surface area (Å²) in [6, 6.07) is 0. The molecule has 0 spiro atoms. The van der Waals surface area contributed by atoms with Crippen LogP contribution in [0.4, 0.5) is 0 Å². The van der Waals surface area contributed by atoms with Gasteiger partial charge in [0.1, 0.15) is 0 Å². The molecule has 2 unspecified atom stereocenters. The molecule has 9 heavy (non-hydrogen) atoms. The number of allylic oxidation sites excluding steroid dienone is 1. The maximum absolute atomic E-state index is 5.84. The Bertz CT molecular complexity index is 129. The molecule has 0 aromatic carbocycles. The van der Waals surface area contributed by atoms with Crippen LogP contribution in [0.1, 0.15) is 19.8 Å². The average molecular weight is 237 g/mol. The third kappa shape index (κ3) is 2.26. The summed E-state index contributed by atoms with van der Waals surface area (Å²) in [5, 5.41) is 0. The largest absolute Gasteiger partial charge is 0.314 e. The number of alkyl halides is 1. The van der Waals surface area contributed by atoms with Crippen LogP contribution >= 0.6 is 22.6 Å². The summed E-state index contributed by atoms with van der Waals surface area (Å²) < 4.78 is -0.0513. The van der Waals surface area contributed by atoms with Gasteiger partial charge in [0.2, 0.25) is 0 Å². The van der Waals surface area contributed by atoms with E-state index in [1.807, 2.05) is 0 Å². The summed E-state index contributed by atoms with van der Waals surface area (Å²) in [4.78, 5) is 0. The Balaban J connectivity index is 2.58. The van der Waals surface area contributed by atoms with Gasteiger partial charge in [-0.1, -0.05) is 41.7 Å². The third-order valence-corrected chi connectivity index (χ3v) is 2.58. The summed E-state index contributed by atoms with van der Waals surface area (Å²) in [5.74, 6) is 0.733. The van der Waals surface area contributed by atoms with Gasteiger partial charge in [-0.05, 0) is 18.8 Å². The van der Waals surface area contributed by atoms with Gasteiger partial charge < -0.3 is 5.73 Å². The van der Waals surface area contributed by atoms with Crippen molar-refractivity contribution >= 4 is 22.6 Å². The first-order valence-electron chi connectivity index (χ1n) is 3.27. The second-order valence-electron chi connectivity index (χ2n) is 2.80. The molecule has 0 bridgehead atoms. The Labute approximate surface area is 69.8 Å². The average Bonchev–Trinajstić information content (AvgIpc) is 1.78. The fraction of sp³-hybridized carbons (Fsp3) is 0.714. The molecule has 1 rings (SSSR count). The minimum Gasteiger partial charge on any atom is -0.314 e. The van der Waals surface area contributed by atoms with Crippen LogP contribution in [0.25, 0.3) is 0 Å². The van der Waals surface area contributed by atoms with Crippen LogP contribution in [0.15, 0.2) is 12.2 Å². The first kappa shape index (κ1) is 7.54. The van der Waals surface area contributed by atoms with E-state index in [0.717, 1.165) is 12.3 Å². The van der Waals surface area contributed by atoms with E-state index in [1.54, 1.807) is 0 Å². The number of nitrogens with two attached hydrogens (primary N) is 1. The fourth-order valence-corrected chi connectivity index (χ4v) is 1.47. The van der Waals surface area contributed by atoms with Gasteiger partial charge in [-0.15, -0.1) is 0 Å². The van der Waals surface area contributed by atoms with E-state index in [-0.39, 0.29) is 3.55 Å². The molecule has 2 N–H and O–H groups in total. The van der Waals surface area contributed by atoms with Crippen molar-refractivity contribution in [1.29, 1.82) is 0 Å². The maximum atomic E-state index is 5.84. The standard InChI is InChI=1S/C7H12IN/c1-6-2-4-7(8,9)5-3-6/h2,4,6H,3,5,9H2,1H3. The molecule has 1 aliphatic carbocycles. The Morgan fingerprint density at radius 2 is 2.44 bits per heavy atom. The molecule has 0 aromatic heterocycles. The molecule has 2 heteroatoms. The zero-order valence-electron chi connectivity index (χ0n) is 5.60. The zero-order chi connectivity index (χ0) is 6.91. The third-order valence-electron chi connectivity index (χ3n) is 1.68. The van der Waals surface area contributed by atoms with Crippen LogP contribution in [0, 0.1) is 5.92 Å². The lowest BCUT2D eigenvalue weighted by Gasteiger charge is -2.24. The number of halogens is 1. The summed E-state index contributed by atoms with van der Waals surface area (Å²) in [7, 11) is 0. The van der Waals surface area contributed by atoms with E-state index in [2.05, 4.69) is 41.7 Å². The highest BCUT2D eigenvalue weighted by Crippen LogP contribution is 2.28. The lowest BCUT2D eigenvalue weighted by molar-refractivity contribution is 0.531. The summed E-state index contributed by atoms with van der Waals surface area (Å²) >= 11 is 2.29. The van der Waals surface area contributed by atoms with Crippen LogP contribution in [0.3, 0.4) is 0 Å². The van der Waals surface area contributed by atoms with E-state index in [1.165, 1.54) is 6.42 Å². The monoisotopic (exact) mass is 237 g/mol. The SMILES string of the molecule is CC1C=CC(N)(I)CC1. The predicted molar refractivity (Wildman–Crippen MR) is 48.5 cm³/mol. The van der Waals surface area contributed by atoms with E-state index < -0.39 is 0 Å². The molecule has 0 radical (unpaired) electrons. The highest BCUT2D eigenvalue weighted by atomic mass is 127. The molecular formula is C7H12IN. The second-order valence-corrected chi connectivity index (χ2v) is 4.81. The van der Waals surface area contributed by atoms with E-state index in [4.69, 9.17) is 5.73 Å². The molecule has 0 aromatic rings. The predicted octanol–water partition coefficient (Wildman–Crippen LogP) is 2.06. The Hall–Kier alpha value is 0.430. The molecule has 52 valence electrons. The second kappa shape index (κ2) is 2.58. The highest BCUT2D eigenvalue weighted by molar-refractivity contribution is 14.1. The lowest BCUT2D eigenvalue weighted by Crippen LogP contribution is -2.32. The van der Waals surface area contributed by atoms with Gasteiger partial charge in [-0.3, -0.25) is 0 Å². The van der Waals surface area contributed by atoms with Gasteiger partial charge in [0.15, 0.2) is 0 Å². The van der Waals surface area contributed by atoms with Crippen molar-refractivity contribution in [3.63, 3.8) is 0 Å². The Kier molecular flexibility index (Phi) is 2.16. The van der Waals surface area contributed by atoms with Crippen LogP contribution in [0.5, 0.6) is 0 Å². The molecule has 0 amide bonds. The van der Waals surface area contributed by atoms with Crippen molar-refractivity contribution in [2.45, 2.75) is 23.3 Å². The minimum absolute atomic E-state index is 0.0513. The summed E-state index contributed by atoms with van der Waals surface area (Å²) in [6.45, 7) is 2.22. The molecule has 2 atom stereocenters. The van der Waals surface area contributed by atoms with Crippen LogP contribution < -0.4 is 5.73 Å². The van der Waals surface area contributed by atoms with Crippen LogP contribution in [-0.4, -0.2) is 3.55 Å². The molecule has 0 fully saturated rings. The van der Waals surface area contributed by atoms with Crippen molar-refractivity contribution in [3.05, 3.63) is 12.2 Å². The van der Waals surface area contributed by atoms with Gasteiger partial charge in [0.25, 0.3) is 0 Å². The molecule has 1 nitrogen and oxygen atoms in total. The smallest absolute Gasteiger partial charge is 0.0865 e. The van der Waals surface area contributed by atoms with Crippen LogP contribution in [0.2, 0.25) is 0 Å². The van der Waals surface area contributed by atoms with Gasteiger partial charge in [0, 0.05) is 0 Å². The van der Waals surface area contributed by atoms with Gasteiger partial charge in [-0.25, -0.2) is 0 Å². The quantitative estimate of drug-likeness (QED) is 0.297. The van der Waals surface area contributed by atoms with E-state index >= 15 is 0 Å². The number of hydrogen-bond acceptors (Lipinski definition) is 1. The van der Waals surface area contributed by atoms with Crippen molar-refractivity contribution in [2.75, 3.05) is 0 Å². The van der Waals surface area contributed by atoms with E-state index in [9.17, 15) is 0 Å². The molecule has 0 aliphatic heterocycles. The Morgan fingerprint density at radius 1 is 1.78 bits per heavy atom. The summed E-state index contributed by atoms with van der Waals surface area (Å²) in [6.07, 6.45) is 6.67. The van der Waals surface area contributed by atoms with Crippen molar-refractivity contribution < 1.29 is 0 Å². The minimum atomic E-state index is -0.0513. The molecule has 0 heterocycles. The van der Waals surface area contributed by atoms with Crippen molar-refractivity contribution in [3.8, 4) is 0 Å². The Morgan fingerprint density at radius 3 is 2.78 bits per heavy atom. The fourth-order valence-electron chi connectivity index (χ4n) is 0.953.